The number of hydrogen-bond donors (Lipinski definition) is 2. The van der Waals surface area contributed by atoms with Crippen molar-refractivity contribution in [2.45, 2.75) is 12.8 Å². The fourth-order valence-electron chi connectivity index (χ4n) is 3.57. The molecule has 1 aliphatic carbocycles. The summed E-state index contributed by atoms with van der Waals surface area (Å²) in [4.78, 5) is 9.68. The molecule has 0 saturated carbocycles. The minimum Gasteiger partial charge on any atom is -0.411 e. The van der Waals surface area contributed by atoms with Crippen LogP contribution in [0.4, 0.5) is 11.4 Å². The van der Waals surface area contributed by atoms with E-state index in [1.807, 2.05) is 42.9 Å². The highest BCUT2D eigenvalue weighted by Gasteiger charge is 2.19. The maximum atomic E-state index is 9.13. The van der Waals surface area contributed by atoms with Crippen molar-refractivity contribution in [2.75, 3.05) is 5.32 Å². The summed E-state index contributed by atoms with van der Waals surface area (Å²) < 4.78 is 1.13. The van der Waals surface area contributed by atoms with Crippen molar-refractivity contribution in [3.63, 3.8) is 0 Å². The molecule has 0 bridgehead atoms. The van der Waals surface area contributed by atoms with Gasteiger partial charge in [0.15, 0.2) is 0 Å². The van der Waals surface area contributed by atoms with E-state index in [0.29, 0.717) is 0 Å². The number of oxime groups is 1. The second-order valence-corrected chi connectivity index (χ2v) is 7.52. The maximum Gasteiger partial charge on any atom is 0.0873 e. The number of aryl methyl sites for hydroxylation is 1. The first-order valence-corrected chi connectivity index (χ1v) is 9.53. The predicted octanol–water partition coefficient (Wildman–Crippen LogP) is 5.23. The number of rotatable bonds is 3. The first kappa shape index (κ1) is 16.0. The van der Waals surface area contributed by atoms with Gasteiger partial charge in [-0.05, 0) is 42.7 Å². The average molecular weight is 372 g/mol. The fraction of sp³-hybridized carbons (Fsp3) is 0.0952. The first-order valence-electron chi connectivity index (χ1n) is 8.71. The molecule has 1 aromatic carbocycles. The lowest BCUT2D eigenvalue weighted by Crippen LogP contribution is -1.96. The highest BCUT2D eigenvalue weighted by atomic mass is 32.1. The third-order valence-electron chi connectivity index (χ3n) is 4.85. The summed E-state index contributed by atoms with van der Waals surface area (Å²) in [6, 6.07) is 12.3. The second-order valence-electron chi connectivity index (χ2n) is 6.46. The van der Waals surface area contributed by atoms with Crippen LogP contribution in [0.2, 0.25) is 0 Å². The lowest BCUT2D eigenvalue weighted by atomic mass is 10.1. The highest BCUT2D eigenvalue weighted by Crippen LogP contribution is 2.43. The van der Waals surface area contributed by atoms with Gasteiger partial charge in [-0.1, -0.05) is 17.3 Å². The number of nitrogens with one attached hydrogen (secondary N) is 1. The Hall–Kier alpha value is -3.25. The molecule has 0 spiro atoms. The Labute approximate surface area is 160 Å². The smallest absolute Gasteiger partial charge is 0.0873 e. The number of hydrogen-bond acceptors (Lipinski definition) is 6. The number of benzene rings is 1. The number of fused-ring (bicyclic) bond motifs is 2. The highest BCUT2D eigenvalue weighted by molar-refractivity contribution is 7.23. The van der Waals surface area contributed by atoms with Crippen LogP contribution in [0.15, 0.2) is 66.3 Å². The van der Waals surface area contributed by atoms with Gasteiger partial charge in [-0.2, -0.15) is 0 Å². The van der Waals surface area contributed by atoms with Crippen molar-refractivity contribution in [1.82, 2.24) is 9.97 Å². The molecule has 6 heteroatoms. The van der Waals surface area contributed by atoms with Crippen molar-refractivity contribution in [3.8, 4) is 10.4 Å². The van der Waals surface area contributed by atoms with Crippen molar-refractivity contribution in [3.05, 3.63) is 72.3 Å². The average Bonchev–Trinajstić information content (AvgIpc) is 3.30. The summed E-state index contributed by atoms with van der Waals surface area (Å²) in [6.07, 6.45) is 9.07. The molecular formula is C21H16N4OS. The molecule has 0 atom stereocenters. The van der Waals surface area contributed by atoms with Gasteiger partial charge in [0.25, 0.3) is 0 Å². The Morgan fingerprint density at radius 2 is 1.96 bits per heavy atom. The molecule has 5 rings (SSSR count). The van der Waals surface area contributed by atoms with Crippen LogP contribution >= 0.6 is 11.3 Å². The monoisotopic (exact) mass is 372 g/mol. The largest absolute Gasteiger partial charge is 0.411 e. The van der Waals surface area contributed by atoms with E-state index >= 15 is 0 Å². The summed E-state index contributed by atoms with van der Waals surface area (Å²) in [6.45, 7) is 0. The van der Waals surface area contributed by atoms with E-state index < -0.39 is 0 Å². The van der Waals surface area contributed by atoms with E-state index in [2.05, 4.69) is 32.6 Å². The van der Waals surface area contributed by atoms with Crippen LogP contribution in [-0.4, -0.2) is 20.9 Å². The predicted molar refractivity (Wildman–Crippen MR) is 109 cm³/mol. The van der Waals surface area contributed by atoms with Crippen LogP contribution in [0.1, 0.15) is 17.5 Å². The summed E-state index contributed by atoms with van der Waals surface area (Å²) in [5.41, 5.74) is 6.18. The van der Waals surface area contributed by atoms with Gasteiger partial charge in [-0.25, -0.2) is 0 Å². The zero-order valence-electron chi connectivity index (χ0n) is 14.4. The standard InChI is InChI=1S/C21H16N4OS/c26-25-18-6-3-13-10-15(4-5-16(13)18)24-20-17-7-9-23-12-19(17)27-21(20)14-2-1-8-22-11-14/h1-2,4-5,7-12,24,26H,3,6H2/b25-18+. The summed E-state index contributed by atoms with van der Waals surface area (Å²) in [5, 5.41) is 17.3. The van der Waals surface area contributed by atoms with Crippen molar-refractivity contribution >= 4 is 38.5 Å². The minimum absolute atomic E-state index is 0.764. The lowest BCUT2D eigenvalue weighted by Gasteiger charge is -2.10. The molecule has 27 heavy (non-hydrogen) atoms. The normalized spacial score (nSPS) is 14.6. The van der Waals surface area contributed by atoms with Crippen molar-refractivity contribution in [2.24, 2.45) is 5.16 Å². The minimum atomic E-state index is 0.764. The molecule has 0 radical (unpaired) electrons. The Balaban J connectivity index is 1.61. The zero-order chi connectivity index (χ0) is 18.2. The van der Waals surface area contributed by atoms with Gasteiger partial charge in [0.1, 0.15) is 0 Å². The molecule has 3 aromatic heterocycles. The third-order valence-corrected chi connectivity index (χ3v) is 6.04. The molecule has 4 aromatic rings. The molecule has 0 fully saturated rings. The molecule has 0 saturated heterocycles. The van der Waals surface area contributed by atoms with Crippen LogP contribution in [-0.2, 0) is 6.42 Å². The Morgan fingerprint density at radius 3 is 2.81 bits per heavy atom. The molecule has 0 amide bonds. The van der Waals surface area contributed by atoms with E-state index in [1.165, 1.54) is 5.56 Å². The topological polar surface area (TPSA) is 70.4 Å². The van der Waals surface area contributed by atoms with E-state index in [-0.39, 0.29) is 0 Å². The molecular weight excluding hydrogens is 356 g/mol. The first-order chi connectivity index (χ1) is 13.3. The summed E-state index contributed by atoms with van der Waals surface area (Å²) in [5.74, 6) is 0. The van der Waals surface area contributed by atoms with E-state index in [0.717, 1.165) is 56.0 Å². The summed E-state index contributed by atoms with van der Waals surface area (Å²) in [7, 11) is 0. The number of pyridine rings is 2. The molecule has 0 aliphatic heterocycles. The van der Waals surface area contributed by atoms with Crippen molar-refractivity contribution < 1.29 is 5.21 Å². The zero-order valence-corrected chi connectivity index (χ0v) is 15.2. The maximum absolute atomic E-state index is 9.13. The van der Waals surface area contributed by atoms with Crippen molar-refractivity contribution in [1.29, 1.82) is 0 Å². The van der Waals surface area contributed by atoms with E-state index in [9.17, 15) is 0 Å². The number of nitrogens with zero attached hydrogens (tertiary/aromatic N) is 3. The van der Waals surface area contributed by atoms with E-state index in [1.54, 1.807) is 17.5 Å². The van der Waals surface area contributed by atoms with Gasteiger partial charge in [-0.3, -0.25) is 9.97 Å². The van der Waals surface area contributed by atoms with Crippen LogP contribution < -0.4 is 5.32 Å². The van der Waals surface area contributed by atoms with E-state index in [4.69, 9.17) is 5.21 Å². The third kappa shape index (κ3) is 2.74. The van der Waals surface area contributed by atoms with Gasteiger partial charge in [0.2, 0.25) is 0 Å². The molecule has 3 heterocycles. The second kappa shape index (κ2) is 6.48. The molecule has 5 nitrogen and oxygen atoms in total. The quantitative estimate of drug-likeness (QED) is 0.382. The molecule has 132 valence electrons. The van der Waals surface area contributed by atoms with Gasteiger partial charge in [0.05, 0.1) is 21.0 Å². The van der Waals surface area contributed by atoms with Gasteiger partial charge in [0, 0.05) is 47.0 Å². The Bertz CT molecular complexity index is 1170. The molecule has 2 N–H and O–H groups in total. The van der Waals surface area contributed by atoms with Crippen LogP contribution in [0.25, 0.3) is 20.5 Å². The summed E-state index contributed by atoms with van der Waals surface area (Å²) >= 11 is 1.71. The van der Waals surface area contributed by atoms with Crippen LogP contribution in [0, 0.1) is 0 Å². The number of aromatic nitrogens is 2. The SMILES string of the molecule is O/N=C1\CCc2cc(Nc3c(-c4cccnc4)sc4cnccc34)ccc21. The fourth-order valence-corrected chi connectivity index (χ4v) is 4.69. The molecule has 0 unspecified atom stereocenters. The Kier molecular flexibility index (Phi) is 3.83. The lowest BCUT2D eigenvalue weighted by molar-refractivity contribution is 0.318. The van der Waals surface area contributed by atoms with Gasteiger partial charge in [-0.15, -0.1) is 11.3 Å². The van der Waals surface area contributed by atoms with Crippen LogP contribution in [0.5, 0.6) is 0 Å². The number of anilines is 2. The number of thiophene rings is 1. The van der Waals surface area contributed by atoms with Gasteiger partial charge >= 0.3 is 0 Å². The van der Waals surface area contributed by atoms with Gasteiger partial charge < -0.3 is 10.5 Å². The van der Waals surface area contributed by atoms with Crippen LogP contribution in [0.3, 0.4) is 0 Å². The molecule has 1 aliphatic rings. The Morgan fingerprint density at radius 1 is 1.04 bits per heavy atom.